The van der Waals surface area contributed by atoms with E-state index in [-0.39, 0.29) is 0 Å². The fourth-order valence-electron chi connectivity index (χ4n) is 3.29. The Morgan fingerprint density at radius 2 is 1.71 bits per heavy atom. The summed E-state index contributed by atoms with van der Waals surface area (Å²) >= 11 is 0. The number of nitrogens with zero attached hydrogens (tertiary/aromatic N) is 4. The molecule has 0 bridgehead atoms. The van der Waals surface area contributed by atoms with E-state index in [0.29, 0.717) is 42.8 Å². The molecule has 0 aliphatic carbocycles. The Bertz CT molecular complexity index is 1150. The first-order chi connectivity index (χ1) is 15.1. The average molecular weight is 415 g/mol. The van der Waals surface area contributed by atoms with Crippen molar-refractivity contribution in [2.45, 2.75) is 32.9 Å². The Morgan fingerprint density at radius 1 is 0.935 bits per heavy atom. The summed E-state index contributed by atoms with van der Waals surface area (Å²) in [6.45, 7) is 3.84. The summed E-state index contributed by atoms with van der Waals surface area (Å²) in [4.78, 5) is 13.4. The van der Waals surface area contributed by atoms with Gasteiger partial charge in [-0.25, -0.2) is 4.98 Å². The summed E-state index contributed by atoms with van der Waals surface area (Å²) in [5, 5.41) is 0. The molecule has 0 radical (unpaired) electrons. The number of hydrogen-bond donors (Lipinski definition) is 1. The molecular formula is C23H26BN5O2. The Hall–Kier alpha value is -3.55. The molecule has 0 unspecified atom stereocenters. The number of benzene rings is 2. The number of aromatic nitrogens is 4. The summed E-state index contributed by atoms with van der Waals surface area (Å²) in [5.41, 5.74) is 10.5. The summed E-state index contributed by atoms with van der Waals surface area (Å²) < 4.78 is 13.6. The molecule has 31 heavy (non-hydrogen) atoms. The minimum Gasteiger partial charge on any atom is -0.489 e. The Balaban J connectivity index is 1.50. The van der Waals surface area contributed by atoms with Crippen LogP contribution < -0.4 is 20.9 Å². The molecule has 0 amide bonds. The molecule has 0 spiro atoms. The number of imidazole rings is 1. The van der Waals surface area contributed by atoms with Gasteiger partial charge in [0.1, 0.15) is 17.9 Å². The lowest BCUT2D eigenvalue weighted by molar-refractivity contribution is 0.286. The van der Waals surface area contributed by atoms with Gasteiger partial charge in [0.25, 0.3) is 0 Å². The maximum Gasteiger partial charge on any atom is 0.320 e. The molecule has 0 aliphatic rings. The van der Waals surface area contributed by atoms with E-state index >= 15 is 0 Å². The lowest BCUT2D eigenvalue weighted by Crippen LogP contribution is -2.20. The zero-order valence-electron chi connectivity index (χ0n) is 17.9. The van der Waals surface area contributed by atoms with E-state index in [2.05, 4.69) is 46.1 Å². The van der Waals surface area contributed by atoms with E-state index in [1.165, 1.54) is 0 Å². The monoisotopic (exact) mass is 415 g/mol. The van der Waals surface area contributed by atoms with Crippen molar-refractivity contribution in [3.63, 3.8) is 0 Å². The largest absolute Gasteiger partial charge is 0.489 e. The second kappa shape index (κ2) is 9.51. The number of anilines is 1. The van der Waals surface area contributed by atoms with Crippen molar-refractivity contribution in [2.75, 3.05) is 12.3 Å². The molecule has 8 heteroatoms. The molecule has 0 saturated heterocycles. The molecule has 0 fully saturated rings. The third kappa shape index (κ3) is 4.96. The van der Waals surface area contributed by atoms with E-state index in [9.17, 15) is 0 Å². The number of ether oxygens (including phenoxy) is 2. The zero-order chi connectivity index (χ0) is 21.6. The van der Waals surface area contributed by atoms with Crippen LogP contribution in [0, 0.1) is 0 Å². The molecule has 7 nitrogen and oxygen atoms in total. The van der Waals surface area contributed by atoms with Crippen LogP contribution in [0.4, 0.5) is 5.82 Å². The summed E-state index contributed by atoms with van der Waals surface area (Å²) in [5.74, 6) is 1.17. The molecule has 0 atom stereocenters. The van der Waals surface area contributed by atoms with Crippen molar-refractivity contribution in [1.82, 2.24) is 19.5 Å². The molecule has 0 saturated carbocycles. The van der Waals surface area contributed by atoms with Gasteiger partial charge in [0.2, 0.25) is 0 Å². The minimum absolute atomic E-state index is 0.296. The molecule has 0 aliphatic heterocycles. The van der Waals surface area contributed by atoms with Crippen molar-refractivity contribution < 1.29 is 9.47 Å². The number of unbranched alkanes of at least 4 members (excludes halogenated alkanes) is 1. The molecule has 158 valence electrons. The molecule has 4 aromatic rings. The Morgan fingerprint density at radius 3 is 2.45 bits per heavy atom. The summed E-state index contributed by atoms with van der Waals surface area (Å²) in [6.07, 6.45) is 1.98. The topological polar surface area (TPSA) is 88.1 Å². The third-order valence-electron chi connectivity index (χ3n) is 5.03. The van der Waals surface area contributed by atoms with Gasteiger partial charge >= 0.3 is 6.01 Å². The first-order valence-electron chi connectivity index (χ1n) is 10.5. The molecular weight excluding hydrogens is 389 g/mol. The smallest absolute Gasteiger partial charge is 0.320 e. The number of nitrogens with two attached hydrogens (primary N) is 1. The van der Waals surface area contributed by atoms with Crippen LogP contribution in [0.5, 0.6) is 11.8 Å². The quantitative estimate of drug-likeness (QED) is 0.334. The van der Waals surface area contributed by atoms with Gasteiger partial charge in [-0.2, -0.15) is 9.97 Å². The van der Waals surface area contributed by atoms with Crippen LogP contribution >= 0.6 is 0 Å². The zero-order valence-corrected chi connectivity index (χ0v) is 17.9. The third-order valence-corrected chi connectivity index (χ3v) is 5.03. The number of fused-ring (bicyclic) bond motifs is 1. The van der Waals surface area contributed by atoms with Gasteiger partial charge in [0.15, 0.2) is 19.3 Å². The number of rotatable bonds is 9. The SMILES string of the molecule is Bc1nc2c(N)nc(OCCCC)nc2n1Cc1ccc(OCc2ccccc2)cc1. The van der Waals surface area contributed by atoms with E-state index in [0.717, 1.165) is 35.4 Å². The van der Waals surface area contributed by atoms with Crippen LogP contribution in [0.15, 0.2) is 54.6 Å². The lowest BCUT2D eigenvalue weighted by Gasteiger charge is -2.10. The summed E-state index contributed by atoms with van der Waals surface area (Å²) in [7, 11) is 1.94. The second-order valence-corrected chi connectivity index (χ2v) is 7.43. The van der Waals surface area contributed by atoms with Gasteiger partial charge in [-0.3, -0.25) is 0 Å². The van der Waals surface area contributed by atoms with Crippen LogP contribution in [0.25, 0.3) is 11.2 Å². The molecule has 2 aromatic carbocycles. The average Bonchev–Trinajstić information content (AvgIpc) is 3.10. The predicted molar refractivity (Wildman–Crippen MR) is 125 cm³/mol. The van der Waals surface area contributed by atoms with Crippen molar-refractivity contribution in [1.29, 1.82) is 0 Å². The van der Waals surface area contributed by atoms with E-state index < -0.39 is 0 Å². The standard InChI is InChI=1S/C23H26BN5O2/c1-2-3-13-30-23-27-20(25)19-21(28-23)29(22(24)26-19)14-16-9-11-18(12-10-16)31-15-17-7-5-4-6-8-17/h4-12H,2-3,13-15,24H2,1H3,(H2,25,27,28). The highest BCUT2D eigenvalue weighted by atomic mass is 16.5. The van der Waals surface area contributed by atoms with Crippen molar-refractivity contribution in [2.24, 2.45) is 0 Å². The van der Waals surface area contributed by atoms with Crippen LogP contribution in [-0.4, -0.2) is 34.0 Å². The van der Waals surface area contributed by atoms with Crippen LogP contribution in [0.2, 0.25) is 0 Å². The maximum absolute atomic E-state index is 6.11. The maximum atomic E-state index is 6.11. The van der Waals surface area contributed by atoms with Crippen LogP contribution in [0.3, 0.4) is 0 Å². The fraction of sp³-hybridized carbons (Fsp3) is 0.261. The van der Waals surface area contributed by atoms with Gasteiger partial charge in [-0.05, 0) is 29.7 Å². The minimum atomic E-state index is 0.296. The highest BCUT2D eigenvalue weighted by molar-refractivity contribution is 6.30. The van der Waals surface area contributed by atoms with Gasteiger partial charge in [-0.1, -0.05) is 55.8 Å². The number of nitrogen functional groups attached to an aromatic ring is 1. The molecule has 2 N–H and O–H groups in total. The second-order valence-electron chi connectivity index (χ2n) is 7.43. The molecule has 2 heterocycles. The number of hydrogen-bond acceptors (Lipinski definition) is 6. The van der Waals surface area contributed by atoms with Gasteiger partial charge in [0.05, 0.1) is 12.3 Å². The van der Waals surface area contributed by atoms with Gasteiger partial charge in [0, 0.05) is 6.54 Å². The summed E-state index contributed by atoms with van der Waals surface area (Å²) in [6, 6.07) is 18.5. The first kappa shape index (κ1) is 20.7. The normalized spacial score (nSPS) is 11.0. The highest BCUT2D eigenvalue weighted by Crippen LogP contribution is 2.20. The lowest BCUT2D eigenvalue weighted by atomic mass is 10.1. The van der Waals surface area contributed by atoms with E-state index in [4.69, 9.17) is 15.2 Å². The molecule has 2 aromatic heterocycles. The predicted octanol–water partition coefficient (Wildman–Crippen LogP) is 2.47. The van der Waals surface area contributed by atoms with Gasteiger partial charge < -0.3 is 19.8 Å². The highest BCUT2D eigenvalue weighted by Gasteiger charge is 2.15. The van der Waals surface area contributed by atoms with Crippen LogP contribution in [-0.2, 0) is 13.2 Å². The van der Waals surface area contributed by atoms with E-state index in [1.807, 2.05) is 42.7 Å². The first-order valence-corrected chi connectivity index (χ1v) is 10.5. The van der Waals surface area contributed by atoms with Crippen molar-refractivity contribution >= 4 is 30.6 Å². The van der Waals surface area contributed by atoms with Crippen molar-refractivity contribution in [3.05, 3.63) is 65.7 Å². The van der Waals surface area contributed by atoms with E-state index in [1.54, 1.807) is 0 Å². The van der Waals surface area contributed by atoms with Crippen LogP contribution in [0.1, 0.15) is 30.9 Å². The van der Waals surface area contributed by atoms with Crippen molar-refractivity contribution in [3.8, 4) is 11.8 Å². The Labute approximate surface area is 182 Å². The Kier molecular flexibility index (Phi) is 6.36. The van der Waals surface area contributed by atoms with Gasteiger partial charge in [-0.15, -0.1) is 0 Å². The molecule has 4 rings (SSSR count). The fourth-order valence-corrected chi connectivity index (χ4v) is 3.29.